The molecule has 5 nitrogen and oxygen atoms in total. The van der Waals surface area contributed by atoms with Crippen LogP contribution in [0.5, 0.6) is 0 Å². The van der Waals surface area contributed by atoms with Gasteiger partial charge in [0.05, 0.1) is 12.7 Å². The fourth-order valence-corrected chi connectivity index (χ4v) is 2.27. The van der Waals surface area contributed by atoms with E-state index in [2.05, 4.69) is 5.32 Å². The molecule has 1 aromatic carbocycles. The standard InChI is InChI=1S/C14H17NO4/c16-14(18-8-10-4-2-1-3-5-10)15-7-6-11-13-12(19-13)9-17-11/h1-5,11-13H,6-9H2,(H,15,16)/t11-,12-,13+/m1/s1. The van der Waals surface area contributed by atoms with Crippen LogP contribution in [0.1, 0.15) is 12.0 Å². The highest BCUT2D eigenvalue weighted by atomic mass is 16.7. The van der Waals surface area contributed by atoms with Crippen molar-refractivity contribution in [3.8, 4) is 0 Å². The van der Waals surface area contributed by atoms with Gasteiger partial charge in [-0.25, -0.2) is 4.79 Å². The first-order valence-corrected chi connectivity index (χ1v) is 6.54. The summed E-state index contributed by atoms with van der Waals surface area (Å²) in [7, 11) is 0. The summed E-state index contributed by atoms with van der Waals surface area (Å²) in [5.74, 6) is 0. The molecule has 1 aromatic rings. The maximum Gasteiger partial charge on any atom is 0.407 e. The highest BCUT2D eigenvalue weighted by Crippen LogP contribution is 2.35. The Morgan fingerprint density at radius 1 is 1.37 bits per heavy atom. The summed E-state index contributed by atoms with van der Waals surface area (Å²) in [5, 5.41) is 2.72. The molecule has 102 valence electrons. The number of amides is 1. The predicted molar refractivity (Wildman–Crippen MR) is 67.6 cm³/mol. The monoisotopic (exact) mass is 263 g/mol. The van der Waals surface area contributed by atoms with Crippen molar-refractivity contribution in [1.29, 1.82) is 0 Å². The average molecular weight is 263 g/mol. The smallest absolute Gasteiger partial charge is 0.407 e. The summed E-state index contributed by atoms with van der Waals surface area (Å²) < 4.78 is 16.0. The average Bonchev–Trinajstić information content (AvgIpc) is 3.12. The van der Waals surface area contributed by atoms with Crippen molar-refractivity contribution in [2.24, 2.45) is 0 Å². The number of rotatable bonds is 5. The van der Waals surface area contributed by atoms with E-state index >= 15 is 0 Å². The summed E-state index contributed by atoms with van der Waals surface area (Å²) in [5.41, 5.74) is 0.978. The third-order valence-corrected chi connectivity index (χ3v) is 3.37. The number of benzene rings is 1. The lowest BCUT2D eigenvalue weighted by Crippen LogP contribution is -2.29. The van der Waals surface area contributed by atoms with Gasteiger partial charge in [-0.3, -0.25) is 0 Å². The molecule has 1 N–H and O–H groups in total. The van der Waals surface area contributed by atoms with Crippen LogP contribution in [0.15, 0.2) is 30.3 Å². The molecule has 0 saturated carbocycles. The van der Waals surface area contributed by atoms with Crippen molar-refractivity contribution in [1.82, 2.24) is 5.32 Å². The van der Waals surface area contributed by atoms with Crippen LogP contribution < -0.4 is 5.32 Å². The van der Waals surface area contributed by atoms with Crippen LogP contribution in [0.2, 0.25) is 0 Å². The quantitative estimate of drug-likeness (QED) is 0.817. The van der Waals surface area contributed by atoms with E-state index in [1.807, 2.05) is 30.3 Å². The maximum atomic E-state index is 11.5. The molecule has 19 heavy (non-hydrogen) atoms. The summed E-state index contributed by atoms with van der Waals surface area (Å²) in [6, 6.07) is 9.60. The minimum atomic E-state index is -0.393. The lowest BCUT2D eigenvalue weighted by atomic mass is 10.2. The Hall–Kier alpha value is -1.59. The molecule has 2 aliphatic rings. The van der Waals surface area contributed by atoms with E-state index in [4.69, 9.17) is 14.2 Å². The number of nitrogens with one attached hydrogen (secondary N) is 1. The van der Waals surface area contributed by atoms with Crippen LogP contribution in [-0.4, -0.2) is 37.6 Å². The Bertz CT molecular complexity index is 436. The van der Waals surface area contributed by atoms with E-state index in [0.717, 1.165) is 12.0 Å². The van der Waals surface area contributed by atoms with Crippen LogP contribution in [0.4, 0.5) is 4.79 Å². The van der Waals surface area contributed by atoms with Crippen LogP contribution in [0.3, 0.4) is 0 Å². The van der Waals surface area contributed by atoms with Gasteiger partial charge in [-0.1, -0.05) is 30.3 Å². The molecule has 2 saturated heterocycles. The normalized spacial score (nSPS) is 27.7. The van der Waals surface area contributed by atoms with Gasteiger partial charge in [0.25, 0.3) is 0 Å². The number of carbonyl (C=O) groups excluding carboxylic acids is 1. The number of carbonyl (C=O) groups is 1. The van der Waals surface area contributed by atoms with Crippen LogP contribution in [-0.2, 0) is 20.8 Å². The Balaban J connectivity index is 1.31. The molecule has 1 amide bonds. The van der Waals surface area contributed by atoms with E-state index in [-0.39, 0.29) is 12.2 Å². The lowest BCUT2D eigenvalue weighted by molar-refractivity contribution is 0.0245. The third-order valence-electron chi connectivity index (χ3n) is 3.37. The molecular formula is C14H17NO4. The minimum Gasteiger partial charge on any atom is -0.445 e. The van der Waals surface area contributed by atoms with Gasteiger partial charge in [0, 0.05) is 6.54 Å². The topological polar surface area (TPSA) is 60.1 Å². The fourth-order valence-electron chi connectivity index (χ4n) is 2.27. The number of alkyl carbamates (subject to hydrolysis) is 1. The third kappa shape index (κ3) is 3.24. The van der Waals surface area contributed by atoms with Crippen molar-refractivity contribution in [3.05, 3.63) is 35.9 Å². The molecule has 3 atom stereocenters. The Morgan fingerprint density at radius 3 is 2.89 bits per heavy atom. The number of hydrogen-bond donors (Lipinski definition) is 1. The molecule has 0 unspecified atom stereocenters. The summed E-state index contributed by atoms with van der Waals surface area (Å²) in [4.78, 5) is 11.5. The van der Waals surface area contributed by atoms with Gasteiger partial charge < -0.3 is 19.5 Å². The zero-order valence-corrected chi connectivity index (χ0v) is 10.6. The second-order valence-corrected chi connectivity index (χ2v) is 4.79. The van der Waals surface area contributed by atoms with E-state index in [0.29, 0.717) is 25.9 Å². The zero-order chi connectivity index (χ0) is 13.1. The molecule has 0 bridgehead atoms. The molecule has 2 fully saturated rings. The second-order valence-electron chi connectivity index (χ2n) is 4.79. The molecule has 5 heteroatoms. The second kappa shape index (κ2) is 5.59. The van der Waals surface area contributed by atoms with Gasteiger partial charge in [0.15, 0.2) is 0 Å². The van der Waals surface area contributed by atoms with Gasteiger partial charge in [0.2, 0.25) is 0 Å². The molecule has 2 aliphatic heterocycles. The van der Waals surface area contributed by atoms with E-state index < -0.39 is 6.09 Å². The van der Waals surface area contributed by atoms with Crippen molar-refractivity contribution in [2.75, 3.05) is 13.2 Å². The van der Waals surface area contributed by atoms with Crippen LogP contribution in [0.25, 0.3) is 0 Å². The summed E-state index contributed by atoms with van der Waals surface area (Å²) in [6.07, 6.45) is 1.05. The molecular weight excluding hydrogens is 246 g/mol. The number of ether oxygens (including phenoxy) is 3. The molecule has 0 radical (unpaired) electrons. The lowest BCUT2D eigenvalue weighted by Gasteiger charge is -2.12. The highest BCUT2D eigenvalue weighted by molar-refractivity contribution is 5.67. The van der Waals surface area contributed by atoms with Gasteiger partial charge in [-0.2, -0.15) is 0 Å². The summed E-state index contributed by atoms with van der Waals surface area (Å²) >= 11 is 0. The number of fused-ring (bicyclic) bond motifs is 1. The largest absolute Gasteiger partial charge is 0.445 e. The van der Waals surface area contributed by atoms with E-state index in [1.54, 1.807) is 0 Å². The Labute approximate surface area is 111 Å². The van der Waals surface area contributed by atoms with Gasteiger partial charge in [-0.15, -0.1) is 0 Å². The molecule has 0 aliphatic carbocycles. The maximum absolute atomic E-state index is 11.5. The van der Waals surface area contributed by atoms with Gasteiger partial charge >= 0.3 is 6.09 Å². The molecule has 0 aromatic heterocycles. The Kier molecular flexibility index (Phi) is 3.66. The van der Waals surface area contributed by atoms with Gasteiger partial charge in [-0.05, 0) is 12.0 Å². The molecule has 2 heterocycles. The zero-order valence-electron chi connectivity index (χ0n) is 10.6. The van der Waals surface area contributed by atoms with Crippen molar-refractivity contribution >= 4 is 6.09 Å². The van der Waals surface area contributed by atoms with E-state index in [9.17, 15) is 4.79 Å². The molecule has 0 spiro atoms. The molecule has 3 rings (SSSR count). The van der Waals surface area contributed by atoms with Crippen LogP contribution >= 0.6 is 0 Å². The highest BCUT2D eigenvalue weighted by Gasteiger charge is 2.51. The van der Waals surface area contributed by atoms with Crippen molar-refractivity contribution in [2.45, 2.75) is 31.3 Å². The number of hydrogen-bond acceptors (Lipinski definition) is 4. The minimum absolute atomic E-state index is 0.124. The fraction of sp³-hybridized carbons (Fsp3) is 0.500. The predicted octanol–water partition coefficient (Wildman–Crippen LogP) is 1.47. The van der Waals surface area contributed by atoms with Gasteiger partial charge in [0.1, 0.15) is 18.8 Å². The van der Waals surface area contributed by atoms with E-state index in [1.165, 1.54) is 0 Å². The number of epoxide rings is 1. The SMILES string of the molecule is O=C(NCC[C@H]1OC[C@H]2O[C@@H]12)OCc1ccccc1. The van der Waals surface area contributed by atoms with Crippen LogP contribution in [0, 0.1) is 0 Å². The summed E-state index contributed by atoms with van der Waals surface area (Å²) in [6.45, 7) is 1.53. The van der Waals surface area contributed by atoms with Crippen molar-refractivity contribution < 1.29 is 19.0 Å². The first kappa shape index (κ1) is 12.4. The Morgan fingerprint density at radius 2 is 2.21 bits per heavy atom. The first-order chi connectivity index (χ1) is 9.33. The van der Waals surface area contributed by atoms with Crippen molar-refractivity contribution in [3.63, 3.8) is 0 Å². The first-order valence-electron chi connectivity index (χ1n) is 6.54.